The monoisotopic (exact) mass is 360 g/mol. The third-order valence-corrected chi connectivity index (χ3v) is 4.26. The third-order valence-electron chi connectivity index (χ3n) is 4.26. The van der Waals surface area contributed by atoms with Gasteiger partial charge < -0.3 is 0 Å². The fourth-order valence-electron chi connectivity index (χ4n) is 2.49. The van der Waals surface area contributed by atoms with Crippen molar-refractivity contribution in [3.8, 4) is 0 Å². The van der Waals surface area contributed by atoms with Crippen molar-refractivity contribution < 1.29 is 9.59 Å². The van der Waals surface area contributed by atoms with E-state index in [1.54, 1.807) is 30.3 Å². The number of allylic oxidation sites excluding steroid dienone is 5. The maximum Gasteiger partial charge on any atom is 0.269 e. The van der Waals surface area contributed by atoms with Crippen molar-refractivity contribution in [2.24, 2.45) is 0 Å². The minimum atomic E-state index is -0.373. The first-order valence-corrected chi connectivity index (χ1v) is 8.70. The molecule has 27 heavy (non-hydrogen) atoms. The van der Waals surface area contributed by atoms with Gasteiger partial charge in [0.2, 0.25) is 0 Å². The van der Waals surface area contributed by atoms with Gasteiger partial charge in [0, 0.05) is 11.1 Å². The van der Waals surface area contributed by atoms with Crippen LogP contribution in [-0.2, 0) is 0 Å². The molecule has 4 heteroatoms. The predicted molar refractivity (Wildman–Crippen MR) is 110 cm³/mol. The van der Waals surface area contributed by atoms with Crippen molar-refractivity contribution in [3.05, 3.63) is 101 Å². The molecule has 0 aliphatic rings. The molecule has 0 radical (unpaired) electrons. The molecule has 138 valence electrons. The van der Waals surface area contributed by atoms with E-state index in [2.05, 4.69) is 17.4 Å². The van der Waals surface area contributed by atoms with Crippen LogP contribution in [0.3, 0.4) is 0 Å². The van der Waals surface area contributed by atoms with Crippen LogP contribution in [0.2, 0.25) is 0 Å². The van der Waals surface area contributed by atoms with Gasteiger partial charge >= 0.3 is 0 Å². The summed E-state index contributed by atoms with van der Waals surface area (Å²) >= 11 is 0. The summed E-state index contributed by atoms with van der Waals surface area (Å²) in [6, 6.07) is 12.6. The Morgan fingerprint density at radius 3 is 1.96 bits per heavy atom. The molecule has 0 aliphatic carbocycles. The van der Waals surface area contributed by atoms with Crippen LogP contribution in [0.4, 0.5) is 0 Å². The Kier molecular flexibility index (Phi) is 6.89. The highest BCUT2D eigenvalue weighted by Gasteiger charge is 2.10. The van der Waals surface area contributed by atoms with Gasteiger partial charge in [0.1, 0.15) is 0 Å². The van der Waals surface area contributed by atoms with Gasteiger partial charge in [-0.15, -0.1) is 0 Å². The summed E-state index contributed by atoms with van der Waals surface area (Å²) in [5.41, 5.74) is 10.0. The van der Waals surface area contributed by atoms with E-state index in [0.717, 1.165) is 22.3 Å². The van der Waals surface area contributed by atoms with Gasteiger partial charge in [-0.2, -0.15) is 0 Å². The van der Waals surface area contributed by atoms with Crippen LogP contribution in [0.1, 0.15) is 44.3 Å². The van der Waals surface area contributed by atoms with E-state index in [0.29, 0.717) is 11.1 Å². The molecule has 2 aromatic rings. The molecule has 0 heterocycles. The predicted octanol–water partition coefficient (Wildman–Crippen LogP) is 4.52. The zero-order chi connectivity index (χ0) is 19.8. The Balaban J connectivity index is 2.01. The van der Waals surface area contributed by atoms with E-state index in [1.807, 2.05) is 57.2 Å². The SMILES string of the molecule is C=C/C=C\C(=C/C)c1ccc(C(=O)NNC(=O)c2ccc(C)c(C)c2)cc1. The number of amides is 2. The van der Waals surface area contributed by atoms with Crippen LogP contribution >= 0.6 is 0 Å². The lowest BCUT2D eigenvalue weighted by Gasteiger charge is -2.09. The van der Waals surface area contributed by atoms with Crippen LogP contribution in [0.5, 0.6) is 0 Å². The average Bonchev–Trinajstić information content (AvgIpc) is 2.69. The van der Waals surface area contributed by atoms with Crippen LogP contribution < -0.4 is 10.9 Å². The summed E-state index contributed by atoms with van der Waals surface area (Å²) in [4.78, 5) is 24.4. The molecule has 2 aromatic carbocycles. The van der Waals surface area contributed by atoms with Gasteiger partial charge in [-0.1, -0.05) is 49.1 Å². The lowest BCUT2D eigenvalue weighted by Crippen LogP contribution is -2.41. The summed E-state index contributed by atoms with van der Waals surface area (Å²) in [7, 11) is 0. The van der Waals surface area contributed by atoms with E-state index in [4.69, 9.17) is 0 Å². The highest BCUT2D eigenvalue weighted by molar-refractivity contribution is 5.99. The largest absolute Gasteiger partial charge is 0.269 e. The normalized spacial score (nSPS) is 11.3. The number of rotatable bonds is 5. The Labute approximate surface area is 160 Å². The fraction of sp³-hybridized carbons (Fsp3) is 0.130. The molecule has 0 saturated carbocycles. The van der Waals surface area contributed by atoms with Gasteiger partial charge in [0.25, 0.3) is 11.8 Å². The molecule has 0 saturated heterocycles. The lowest BCUT2D eigenvalue weighted by atomic mass is 10.0. The molecular weight excluding hydrogens is 336 g/mol. The van der Waals surface area contributed by atoms with Gasteiger partial charge in [-0.25, -0.2) is 0 Å². The molecule has 0 aromatic heterocycles. The summed E-state index contributed by atoms with van der Waals surface area (Å²) in [5, 5.41) is 0. The highest BCUT2D eigenvalue weighted by Crippen LogP contribution is 2.17. The number of nitrogens with one attached hydrogen (secondary N) is 2. The van der Waals surface area contributed by atoms with E-state index in [9.17, 15) is 9.59 Å². The van der Waals surface area contributed by atoms with Crippen molar-refractivity contribution in [1.29, 1.82) is 0 Å². The molecule has 0 atom stereocenters. The summed E-state index contributed by atoms with van der Waals surface area (Å²) < 4.78 is 0. The number of carbonyl (C=O) groups excluding carboxylic acids is 2. The smallest absolute Gasteiger partial charge is 0.267 e. The Morgan fingerprint density at radius 1 is 0.852 bits per heavy atom. The molecule has 2 amide bonds. The van der Waals surface area contributed by atoms with E-state index in [-0.39, 0.29) is 11.8 Å². The number of aryl methyl sites for hydroxylation is 2. The topological polar surface area (TPSA) is 58.2 Å². The Bertz CT molecular complexity index is 906. The van der Waals surface area contributed by atoms with Crippen LogP contribution in [0.25, 0.3) is 5.57 Å². The van der Waals surface area contributed by atoms with E-state index >= 15 is 0 Å². The maximum atomic E-state index is 12.3. The summed E-state index contributed by atoms with van der Waals surface area (Å²) in [6.07, 6.45) is 7.51. The lowest BCUT2D eigenvalue weighted by molar-refractivity contribution is 0.0846. The Hall–Kier alpha value is -3.40. The molecular formula is C23H24N2O2. The molecule has 0 unspecified atom stereocenters. The molecule has 2 rings (SSSR count). The molecule has 0 bridgehead atoms. The second-order valence-electron chi connectivity index (χ2n) is 6.12. The minimum absolute atomic E-state index is 0.353. The van der Waals surface area contributed by atoms with Crippen molar-refractivity contribution in [1.82, 2.24) is 10.9 Å². The fourth-order valence-corrected chi connectivity index (χ4v) is 2.49. The van der Waals surface area contributed by atoms with Crippen molar-refractivity contribution in [2.45, 2.75) is 20.8 Å². The van der Waals surface area contributed by atoms with Gasteiger partial charge in [0.15, 0.2) is 0 Å². The zero-order valence-electron chi connectivity index (χ0n) is 15.9. The van der Waals surface area contributed by atoms with Crippen molar-refractivity contribution >= 4 is 17.4 Å². The van der Waals surface area contributed by atoms with E-state index in [1.165, 1.54) is 0 Å². The molecule has 4 nitrogen and oxygen atoms in total. The zero-order valence-corrected chi connectivity index (χ0v) is 15.9. The summed E-state index contributed by atoms with van der Waals surface area (Å²) in [5.74, 6) is -0.726. The molecule has 0 fully saturated rings. The number of benzene rings is 2. The Morgan fingerprint density at radius 2 is 1.41 bits per heavy atom. The minimum Gasteiger partial charge on any atom is -0.267 e. The number of hydrogen-bond donors (Lipinski definition) is 2. The van der Waals surface area contributed by atoms with Gasteiger partial charge in [0.05, 0.1) is 0 Å². The first-order chi connectivity index (χ1) is 13.0. The second-order valence-corrected chi connectivity index (χ2v) is 6.12. The third kappa shape index (κ3) is 5.28. The maximum absolute atomic E-state index is 12.3. The average molecular weight is 360 g/mol. The van der Waals surface area contributed by atoms with Gasteiger partial charge in [-0.3, -0.25) is 20.4 Å². The van der Waals surface area contributed by atoms with E-state index < -0.39 is 0 Å². The van der Waals surface area contributed by atoms with Crippen molar-refractivity contribution in [2.75, 3.05) is 0 Å². The standard InChI is InChI=1S/C23H24N2O2/c1-5-7-8-18(6-2)19-11-13-20(14-12-19)22(26)24-25-23(27)21-10-9-16(3)17(4)15-21/h5-15H,1H2,2-4H3,(H,24,26)(H,25,27)/b8-7-,18-6+. The molecule has 2 N–H and O–H groups in total. The van der Waals surface area contributed by atoms with Crippen LogP contribution in [0, 0.1) is 13.8 Å². The second kappa shape index (κ2) is 9.34. The van der Waals surface area contributed by atoms with Gasteiger partial charge in [-0.05, 0) is 67.3 Å². The number of carbonyl (C=O) groups is 2. The van der Waals surface area contributed by atoms with Crippen LogP contribution in [0.15, 0.2) is 73.3 Å². The number of hydrazine groups is 1. The summed E-state index contributed by atoms with van der Waals surface area (Å²) in [6.45, 7) is 9.53. The highest BCUT2D eigenvalue weighted by atomic mass is 16.2. The number of hydrogen-bond acceptors (Lipinski definition) is 2. The van der Waals surface area contributed by atoms with Crippen LogP contribution in [-0.4, -0.2) is 11.8 Å². The first kappa shape index (κ1) is 19.9. The molecule has 0 aliphatic heterocycles. The quantitative estimate of drug-likeness (QED) is 0.608. The first-order valence-electron chi connectivity index (χ1n) is 8.70. The molecule has 0 spiro atoms. The van der Waals surface area contributed by atoms with Crippen molar-refractivity contribution in [3.63, 3.8) is 0 Å².